The van der Waals surface area contributed by atoms with E-state index in [4.69, 9.17) is 4.74 Å². The van der Waals surface area contributed by atoms with E-state index >= 15 is 0 Å². The van der Waals surface area contributed by atoms with Crippen molar-refractivity contribution in [3.05, 3.63) is 76.4 Å². The molecule has 0 fully saturated rings. The molecular weight excluding hydrogens is 410 g/mol. The Morgan fingerprint density at radius 1 is 1.00 bits per heavy atom. The highest BCUT2D eigenvalue weighted by molar-refractivity contribution is 9.10. The van der Waals surface area contributed by atoms with Gasteiger partial charge in [0.25, 0.3) is 0 Å². The normalized spacial score (nSPS) is 10.6. The van der Waals surface area contributed by atoms with Gasteiger partial charge in [-0.15, -0.1) is 0 Å². The van der Waals surface area contributed by atoms with Gasteiger partial charge in [0.05, 0.1) is 18.4 Å². The Balaban J connectivity index is 2.06. The number of benzene rings is 2. The van der Waals surface area contributed by atoms with Crippen LogP contribution in [0.25, 0.3) is 16.9 Å². The van der Waals surface area contributed by atoms with Crippen LogP contribution in [-0.4, -0.2) is 23.6 Å². The lowest BCUT2D eigenvalue weighted by Crippen LogP contribution is -2.22. The van der Waals surface area contributed by atoms with Gasteiger partial charge in [0.2, 0.25) is 0 Å². The smallest absolute Gasteiger partial charge is 0.337 e. The second-order valence-corrected chi connectivity index (χ2v) is 6.88. The summed E-state index contributed by atoms with van der Waals surface area (Å²) in [7, 11) is 1.34. The van der Waals surface area contributed by atoms with E-state index in [1.165, 1.54) is 7.11 Å². The number of carbonyl (C=O) groups excluding carboxylic acids is 2. The van der Waals surface area contributed by atoms with E-state index in [2.05, 4.69) is 15.9 Å². The van der Waals surface area contributed by atoms with Gasteiger partial charge in [-0.25, -0.2) is 4.79 Å². The van der Waals surface area contributed by atoms with Crippen LogP contribution in [0.4, 0.5) is 0 Å². The number of aryl methyl sites for hydroxylation is 1. The number of halogens is 1. The van der Waals surface area contributed by atoms with E-state index in [-0.39, 0.29) is 6.42 Å². The van der Waals surface area contributed by atoms with Crippen LogP contribution in [0.3, 0.4) is 0 Å². The quantitative estimate of drug-likeness (QED) is 0.566. The Bertz CT molecular complexity index is 959. The number of rotatable bonds is 6. The summed E-state index contributed by atoms with van der Waals surface area (Å²) in [6, 6.07) is 18.8. The summed E-state index contributed by atoms with van der Waals surface area (Å²) in [6.07, 6.45) is 0.279. The summed E-state index contributed by atoms with van der Waals surface area (Å²) in [5.74, 6) is -1.49. The third-order valence-electron chi connectivity index (χ3n) is 4.23. The number of carbonyl (C=O) groups is 2. The van der Waals surface area contributed by atoms with Gasteiger partial charge in [-0.3, -0.25) is 0 Å². The zero-order valence-corrected chi connectivity index (χ0v) is 16.2. The number of nitrogens with zero attached hydrogens (tertiary/aromatic N) is 1. The highest BCUT2D eigenvalue weighted by Gasteiger charge is 2.13. The predicted molar refractivity (Wildman–Crippen MR) is 104 cm³/mol. The van der Waals surface area contributed by atoms with Crippen LogP contribution in [0.15, 0.2) is 65.1 Å². The number of aliphatic carboxylic acids is 1. The van der Waals surface area contributed by atoms with E-state index in [0.29, 0.717) is 12.0 Å². The van der Waals surface area contributed by atoms with Crippen LogP contribution in [0.5, 0.6) is 0 Å². The summed E-state index contributed by atoms with van der Waals surface area (Å²) in [5, 5.41) is 10.9. The van der Waals surface area contributed by atoms with Gasteiger partial charge in [0.1, 0.15) is 0 Å². The fourth-order valence-electron chi connectivity index (χ4n) is 2.92. The molecule has 3 aromatic rings. The summed E-state index contributed by atoms with van der Waals surface area (Å²) >= 11 is 3.43. The van der Waals surface area contributed by atoms with Gasteiger partial charge in [0, 0.05) is 21.8 Å². The van der Waals surface area contributed by atoms with Crippen LogP contribution in [0, 0.1) is 0 Å². The highest BCUT2D eigenvalue weighted by Crippen LogP contribution is 2.28. The molecule has 0 aliphatic carbocycles. The van der Waals surface area contributed by atoms with Gasteiger partial charge in [-0.1, -0.05) is 28.1 Å². The molecule has 0 atom stereocenters. The first-order valence-electron chi connectivity index (χ1n) is 8.35. The number of aromatic nitrogens is 1. The SMILES string of the molecule is COC(=O)c1ccc(-n2c(CCC(=O)[O-])ccc2-c2ccc(Br)cc2)cc1. The van der Waals surface area contributed by atoms with Crippen LogP contribution in [0.1, 0.15) is 22.5 Å². The minimum Gasteiger partial charge on any atom is -0.550 e. The standard InChI is InChI=1S/C21H18BrNO4/c1-27-21(26)15-4-8-17(9-5-15)23-18(11-13-20(24)25)10-12-19(23)14-2-6-16(22)7-3-14/h2-10,12H,11,13H2,1H3,(H,24,25)/p-1. The first-order chi connectivity index (χ1) is 13.0. The second kappa shape index (κ2) is 8.22. The Hall–Kier alpha value is -2.86. The van der Waals surface area contributed by atoms with E-state index in [1.807, 2.05) is 53.1 Å². The fourth-order valence-corrected chi connectivity index (χ4v) is 3.18. The number of carboxylic acid groups (broad SMARTS) is 1. The summed E-state index contributed by atoms with van der Waals surface area (Å²) in [4.78, 5) is 22.6. The Morgan fingerprint density at radius 2 is 1.67 bits per heavy atom. The number of hydrogen-bond donors (Lipinski definition) is 0. The maximum absolute atomic E-state index is 11.7. The lowest BCUT2D eigenvalue weighted by atomic mass is 10.1. The van der Waals surface area contributed by atoms with E-state index in [0.717, 1.165) is 27.1 Å². The van der Waals surface area contributed by atoms with Gasteiger partial charge in [0.15, 0.2) is 0 Å². The monoisotopic (exact) mass is 426 g/mol. The molecule has 1 aromatic heterocycles. The van der Waals surface area contributed by atoms with Crippen molar-refractivity contribution in [2.45, 2.75) is 12.8 Å². The molecule has 0 saturated carbocycles. The van der Waals surface area contributed by atoms with E-state index in [1.54, 1.807) is 12.1 Å². The van der Waals surface area contributed by atoms with Crippen molar-refractivity contribution in [1.82, 2.24) is 4.57 Å². The molecule has 0 radical (unpaired) electrons. The molecule has 0 N–H and O–H groups in total. The average molecular weight is 427 g/mol. The lowest BCUT2D eigenvalue weighted by molar-refractivity contribution is -0.305. The number of hydrogen-bond acceptors (Lipinski definition) is 4. The van der Waals surface area contributed by atoms with Crippen molar-refractivity contribution >= 4 is 27.9 Å². The van der Waals surface area contributed by atoms with Gasteiger partial charge in [-0.05, 0) is 66.9 Å². The minimum atomic E-state index is -1.09. The molecule has 138 valence electrons. The molecule has 1 heterocycles. The van der Waals surface area contributed by atoms with Gasteiger partial charge >= 0.3 is 5.97 Å². The lowest BCUT2D eigenvalue weighted by Gasteiger charge is -2.15. The molecule has 0 amide bonds. The predicted octanol–water partition coefficient (Wildman–Crippen LogP) is 3.38. The maximum atomic E-state index is 11.7. The number of methoxy groups -OCH3 is 1. The fraction of sp³-hybridized carbons (Fsp3) is 0.143. The summed E-state index contributed by atoms with van der Waals surface area (Å²) in [5.41, 5.74) is 4.06. The molecule has 0 bridgehead atoms. The Morgan fingerprint density at radius 3 is 2.26 bits per heavy atom. The molecule has 27 heavy (non-hydrogen) atoms. The van der Waals surface area contributed by atoms with E-state index < -0.39 is 11.9 Å². The number of ether oxygens (including phenoxy) is 1. The largest absolute Gasteiger partial charge is 0.550 e. The maximum Gasteiger partial charge on any atom is 0.337 e. The molecule has 3 rings (SSSR count). The molecule has 0 unspecified atom stereocenters. The molecule has 0 aliphatic rings. The molecule has 0 aliphatic heterocycles. The minimum absolute atomic E-state index is 0.0654. The Kier molecular flexibility index (Phi) is 5.76. The number of carboxylic acids is 1. The second-order valence-electron chi connectivity index (χ2n) is 5.96. The average Bonchev–Trinajstić information content (AvgIpc) is 3.10. The molecular formula is C21H17BrNO4-. The van der Waals surface area contributed by atoms with E-state index in [9.17, 15) is 14.7 Å². The van der Waals surface area contributed by atoms with Crippen LogP contribution in [0.2, 0.25) is 0 Å². The van der Waals surface area contributed by atoms with Crippen molar-refractivity contribution in [2.24, 2.45) is 0 Å². The molecule has 0 saturated heterocycles. The van der Waals surface area contributed by atoms with Crippen LogP contribution < -0.4 is 5.11 Å². The topological polar surface area (TPSA) is 71.4 Å². The number of esters is 1. The summed E-state index contributed by atoms with van der Waals surface area (Å²) in [6.45, 7) is 0. The van der Waals surface area contributed by atoms with Crippen molar-refractivity contribution in [3.63, 3.8) is 0 Å². The van der Waals surface area contributed by atoms with Crippen molar-refractivity contribution < 1.29 is 19.4 Å². The first-order valence-corrected chi connectivity index (χ1v) is 9.14. The van der Waals surface area contributed by atoms with Crippen molar-refractivity contribution in [3.8, 4) is 16.9 Å². The van der Waals surface area contributed by atoms with Crippen molar-refractivity contribution in [2.75, 3.05) is 7.11 Å². The van der Waals surface area contributed by atoms with Gasteiger partial charge in [-0.2, -0.15) is 0 Å². The summed E-state index contributed by atoms with van der Waals surface area (Å²) < 4.78 is 7.71. The zero-order valence-electron chi connectivity index (χ0n) is 14.6. The first kappa shape index (κ1) is 18.9. The van der Waals surface area contributed by atoms with Gasteiger partial charge < -0.3 is 19.2 Å². The van der Waals surface area contributed by atoms with Crippen LogP contribution >= 0.6 is 15.9 Å². The Labute approximate surface area is 165 Å². The molecule has 6 heteroatoms. The molecule has 5 nitrogen and oxygen atoms in total. The zero-order chi connectivity index (χ0) is 19.4. The highest BCUT2D eigenvalue weighted by atomic mass is 79.9. The van der Waals surface area contributed by atoms with Crippen molar-refractivity contribution in [1.29, 1.82) is 0 Å². The third-order valence-corrected chi connectivity index (χ3v) is 4.76. The third kappa shape index (κ3) is 4.28. The molecule has 0 spiro atoms. The molecule has 2 aromatic carbocycles. The van der Waals surface area contributed by atoms with Crippen LogP contribution in [-0.2, 0) is 16.0 Å².